The van der Waals surface area contributed by atoms with Gasteiger partial charge < -0.3 is 14.5 Å². The van der Waals surface area contributed by atoms with E-state index in [0.29, 0.717) is 25.3 Å². The molecule has 0 aromatic carbocycles. The van der Waals surface area contributed by atoms with Crippen molar-refractivity contribution in [2.75, 3.05) is 24.5 Å². The van der Waals surface area contributed by atoms with Crippen molar-refractivity contribution in [1.82, 2.24) is 14.7 Å². The number of aromatic nitrogens is 2. The van der Waals surface area contributed by atoms with Crippen LogP contribution >= 0.6 is 0 Å². The molecule has 1 unspecified atom stereocenters. The first kappa shape index (κ1) is 17.9. The second kappa shape index (κ2) is 6.10. The summed E-state index contributed by atoms with van der Waals surface area (Å²) in [7, 11) is 0. The minimum absolute atomic E-state index is 0.0609. The van der Waals surface area contributed by atoms with Crippen LogP contribution in [0.25, 0.3) is 0 Å². The van der Waals surface area contributed by atoms with Crippen LogP contribution in [0.1, 0.15) is 32.9 Å². The zero-order valence-corrected chi connectivity index (χ0v) is 14.6. The van der Waals surface area contributed by atoms with Gasteiger partial charge in [-0.1, -0.05) is 0 Å². The molecule has 0 radical (unpaired) electrons. The lowest BCUT2D eigenvalue weighted by Crippen LogP contribution is -2.42. The molecule has 1 aromatic heterocycles. The van der Waals surface area contributed by atoms with Crippen molar-refractivity contribution in [3.8, 4) is 0 Å². The molecule has 3 heterocycles. The van der Waals surface area contributed by atoms with E-state index in [-0.39, 0.29) is 19.5 Å². The number of ether oxygens (including phenoxy) is 1. The molecule has 2 aliphatic rings. The fraction of sp³-hybridized carbons (Fsp3) is 0.750. The number of fused-ring (bicyclic) bond motifs is 1. The third kappa shape index (κ3) is 3.85. The fourth-order valence-electron chi connectivity index (χ4n) is 3.22. The summed E-state index contributed by atoms with van der Waals surface area (Å²) in [5.41, 5.74) is 0.854. The number of carbonyl (C=O) groups is 1. The highest BCUT2D eigenvalue weighted by atomic mass is 19.4. The monoisotopic (exact) mass is 360 g/mol. The van der Waals surface area contributed by atoms with Gasteiger partial charge in [0.05, 0.1) is 36.6 Å². The summed E-state index contributed by atoms with van der Waals surface area (Å²) in [6.07, 6.45) is -2.90. The third-order valence-electron chi connectivity index (χ3n) is 4.49. The maximum absolute atomic E-state index is 12.9. The van der Waals surface area contributed by atoms with Crippen molar-refractivity contribution in [2.45, 2.75) is 52.1 Å². The Morgan fingerprint density at radius 1 is 1.24 bits per heavy atom. The molecular formula is C16H23F3N4O2. The van der Waals surface area contributed by atoms with E-state index in [1.807, 2.05) is 0 Å². The highest BCUT2D eigenvalue weighted by Gasteiger charge is 2.44. The fourth-order valence-corrected chi connectivity index (χ4v) is 3.22. The van der Waals surface area contributed by atoms with Crippen LogP contribution in [0.2, 0.25) is 0 Å². The lowest BCUT2D eigenvalue weighted by molar-refractivity contribution is -0.168. The topological polar surface area (TPSA) is 50.6 Å². The Hall–Kier alpha value is -1.93. The van der Waals surface area contributed by atoms with E-state index in [9.17, 15) is 18.0 Å². The van der Waals surface area contributed by atoms with Crippen molar-refractivity contribution < 1.29 is 22.7 Å². The van der Waals surface area contributed by atoms with Crippen LogP contribution in [0.3, 0.4) is 0 Å². The van der Waals surface area contributed by atoms with Gasteiger partial charge in [0, 0.05) is 19.6 Å². The Kier molecular flexibility index (Phi) is 4.36. The van der Waals surface area contributed by atoms with Crippen LogP contribution in [0, 0.1) is 5.92 Å². The van der Waals surface area contributed by atoms with Crippen LogP contribution in [0.5, 0.6) is 0 Å². The summed E-state index contributed by atoms with van der Waals surface area (Å²) in [5.74, 6) is -1.31. The number of halogens is 3. The van der Waals surface area contributed by atoms with Crippen LogP contribution in [-0.4, -0.2) is 52.2 Å². The predicted molar refractivity (Wildman–Crippen MR) is 85.2 cm³/mol. The Morgan fingerprint density at radius 3 is 2.56 bits per heavy atom. The summed E-state index contributed by atoms with van der Waals surface area (Å²) in [4.78, 5) is 15.6. The molecule has 0 aliphatic carbocycles. The number of amides is 1. The van der Waals surface area contributed by atoms with Crippen molar-refractivity contribution in [3.63, 3.8) is 0 Å². The van der Waals surface area contributed by atoms with Gasteiger partial charge in [0.2, 0.25) is 0 Å². The highest BCUT2D eigenvalue weighted by Crippen LogP contribution is 2.37. The van der Waals surface area contributed by atoms with Gasteiger partial charge >= 0.3 is 12.3 Å². The molecule has 1 saturated heterocycles. The van der Waals surface area contributed by atoms with Crippen LogP contribution in [0.4, 0.5) is 23.7 Å². The molecule has 0 N–H and O–H groups in total. The molecule has 140 valence electrons. The minimum Gasteiger partial charge on any atom is -0.444 e. The van der Waals surface area contributed by atoms with Gasteiger partial charge in [0.15, 0.2) is 0 Å². The summed E-state index contributed by atoms with van der Waals surface area (Å²) in [5, 5.41) is 4.27. The molecule has 1 amide bonds. The quantitative estimate of drug-likeness (QED) is 0.773. The molecule has 0 spiro atoms. The molecule has 1 aromatic rings. The Morgan fingerprint density at radius 2 is 1.96 bits per heavy atom. The van der Waals surface area contributed by atoms with Gasteiger partial charge in [0.25, 0.3) is 0 Å². The molecule has 2 aliphatic heterocycles. The zero-order valence-electron chi connectivity index (χ0n) is 14.6. The van der Waals surface area contributed by atoms with Gasteiger partial charge in [-0.2, -0.15) is 18.3 Å². The van der Waals surface area contributed by atoms with Gasteiger partial charge in [-0.25, -0.2) is 4.79 Å². The summed E-state index contributed by atoms with van der Waals surface area (Å²) >= 11 is 0. The first-order valence-corrected chi connectivity index (χ1v) is 8.39. The van der Waals surface area contributed by atoms with E-state index >= 15 is 0 Å². The minimum atomic E-state index is -4.18. The van der Waals surface area contributed by atoms with E-state index in [2.05, 4.69) is 5.10 Å². The first-order chi connectivity index (χ1) is 11.5. The van der Waals surface area contributed by atoms with Crippen molar-refractivity contribution in [2.24, 2.45) is 5.92 Å². The molecule has 0 bridgehead atoms. The number of carbonyl (C=O) groups excluding carboxylic acids is 1. The number of anilines is 1. The molecule has 25 heavy (non-hydrogen) atoms. The molecule has 3 rings (SSSR count). The van der Waals surface area contributed by atoms with Crippen molar-refractivity contribution in [1.29, 1.82) is 0 Å². The van der Waals surface area contributed by atoms with Gasteiger partial charge in [-0.3, -0.25) is 4.68 Å². The lowest BCUT2D eigenvalue weighted by atomic mass is 10.1. The predicted octanol–water partition coefficient (Wildman–Crippen LogP) is 3.02. The molecule has 9 heteroatoms. The van der Waals surface area contributed by atoms with E-state index in [1.54, 1.807) is 41.4 Å². The molecule has 0 saturated carbocycles. The average molecular weight is 360 g/mol. The second-order valence-electron chi connectivity index (χ2n) is 7.57. The largest absolute Gasteiger partial charge is 0.444 e. The van der Waals surface area contributed by atoms with E-state index < -0.39 is 23.8 Å². The van der Waals surface area contributed by atoms with Crippen LogP contribution in [0.15, 0.2) is 6.20 Å². The number of hydrogen-bond acceptors (Lipinski definition) is 4. The van der Waals surface area contributed by atoms with E-state index in [4.69, 9.17) is 4.74 Å². The SMILES string of the molecule is CC(C)(C)OC(=O)N1CCn2ncc(N3CCC(C(F)(F)F)C3)c2C1. The Balaban J connectivity index is 1.73. The molecule has 1 atom stereocenters. The van der Waals surface area contributed by atoms with Crippen LogP contribution in [-0.2, 0) is 17.8 Å². The van der Waals surface area contributed by atoms with E-state index in [1.165, 1.54) is 0 Å². The summed E-state index contributed by atoms with van der Waals surface area (Å²) in [6, 6.07) is 0. The molecular weight excluding hydrogens is 337 g/mol. The van der Waals surface area contributed by atoms with Crippen LogP contribution < -0.4 is 4.90 Å². The maximum atomic E-state index is 12.9. The van der Waals surface area contributed by atoms with Gasteiger partial charge in [-0.05, 0) is 27.2 Å². The van der Waals surface area contributed by atoms with Gasteiger partial charge in [0.1, 0.15) is 5.60 Å². The smallest absolute Gasteiger partial charge is 0.410 e. The summed E-state index contributed by atoms with van der Waals surface area (Å²) < 4.78 is 45.9. The highest BCUT2D eigenvalue weighted by molar-refractivity contribution is 5.69. The number of hydrogen-bond donors (Lipinski definition) is 0. The normalized spacial score (nSPS) is 21.4. The van der Waals surface area contributed by atoms with Crippen molar-refractivity contribution in [3.05, 3.63) is 11.9 Å². The number of nitrogens with zero attached hydrogens (tertiary/aromatic N) is 4. The first-order valence-electron chi connectivity index (χ1n) is 8.39. The molecule has 1 fully saturated rings. The average Bonchev–Trinajstić information content (AvgIpc) is 3.10. The third-order valence-corrected chi connectivity index (χ3v) is 4.49. The van der Waals surface area contributed by atoms with Crippen molar-refractivity contribution >= 4 is 11.8 Å². The number of alkyl halides is 3. The second-order valence-corrected chi connectivity index (χ2v) is 7.57. The Labute approximate surface area is 144 Å². The number of rotatable bonds is 1. The maximum Gasteiger partial charge on any atom is 0.410 e. The van der Waals surface area contributed by atoms with Gasteiger partial charge in [-0.15, -0.1) is 0 Å². The summed E-state index contributed by atoms with van der Waals surface area (Å²) in [6.45, 7) is 6.94. The zero-order chi connectivity index (χ0) is 18.4. The Bertz CT molecular complexity index is 651. The lowest BCUT2D eigenvalue weighted by Gasteiger charge is -2.31. The van der Waals surface area contributed by atoms with E-state index in [0.717, 1.165) is 5.69 Å². The standard InChI is InChI=1S/C16H23F3N4O2/c1-15(2,3)25-14(24)22-6-7-23-13(10-22)12(8-20-23)21-5-4-11(9-21)16(17,18)19/h8,11H,4-7,9-10H2,1-3H3. The molecule has 6 nitrogen and oxygen atoms in total.